The Morgan fingerprint density at radius 1 is 1.17 bits per heavy atom. The number of rotatable bonds is 6. The van der Waals surface area contributed by atoms with Crippen LogP contribution in [0.5, 0.6) is 0 Å². The van der Waals surface area contributed by atoms with E-state index >= 15 is 0 Å². The summed E-state index contributed by atoms with van der Waals surface area (Å²) in [6.07, 6.45) is 6.20. The number of hydrogen-bond acceptors (Lipinski definition) is 4. The summed E-state index contributed by atoms with van der Waals surface area (Å²) in [7, 11) is 0. The Hall–Kier alpha value is -2.89. The SMILES string of the molecule is C/C=C(\C=C(/C)C(=O)N/N=C/c1ccc(C)o1)NC(=O)C=C(C)C. The second kappa shape index (κ2) is 9.29. The molecule has 0 saturated carbocycles. The first-order chi connectivity index (χ1) is 11.3. The summed E-state index contributed by atoms with van der Waals surface area (Å²) in [6, 6.07) is 3.56. The van der Waals surface area contributed by atoms with Gasteiger partial charge in [0, 0.05) is 17.3 Å². The molecule has 0 radical (unpaired) electrons. The molecule has 1 aromatic heterocycles. The predicted octanol–water partition coefficient (Wildman–Crippen LogP) is 2.97. The summed E-state index contributed by atoms with van der Waals surface area (Å²) in [5.74, 6) is 0.713. The van der Waals surface area contributed by atoms with Crippen LogP contribution in [0, 0.1) is 6.92 Å². The van der Waals surface area contributed by atoms with E-state index in [1.165, 1.54) is 12.3 Å². The van der Waals surface area contributed by atoms with Gasteiger partial charge in [0.1, 0.15) is 11.5 Å². The maximum atomic E-state index is 12.0. The van der Waals surface area contributed by atoms with Crippen molar-refractivity contribution in [2.24, 2.45) is 5.10 Å². The third-order valence-corrected chi connectivity index (χ3v) is 2.85. The third-order valence-electron chi connectivity index (χ3n) is 2.85. The van der Waals surface area contributed by atoms with Gasteiger partial charge in [-0.1, -0.05) is 11.6 Å². The van der Waals surface area contributed by atoms with Crippen molar-refractivity contribution in [2.75, 3.05) is 0 Å². The van der Waals surface area contributed by atoms with Crippen molar-refractivity contribution in [1.29, 1.82) is 0 Å². The van der Waals surface area contributed by atoms with Crippen molar-refractivity contribution in [3.05, 3.63) is 58.7 Å². The van der Waals surface area contributed by atoms with Gasteiger partial charge in [-0.25, -0.2) is 5.43 Å². The van der Waals surface area contributed by atoms with Crippen molar-refractivity contribution in [1.82, 2.24) is 10.7 Å². The number of furan rings is 1. The molecular formula is C18H23N3O3. The second-order valence-electron chi connectivity index (χ2n) is 5.43. The average Bonchev–Trinajstić information content (AvgIpc) is 2.90. The van der Waals surface area contributed by atoms with E-state index in [1.807, 2.05) is 26.8 Å². The molecule has 0 spiro atoms. The quantitative estimate of drug-likeness (QED) is 0.364. The molecule has 0 bridgehead atoms. The van der Waals surface area contributed by atoms with Crippen molar-refractivity contribution in [2.45, 2.75) is 34.6 Å². The fourth-order valence-corrected chi connectivity index (χ4v) is 1.70. The van der Waals surface area contributed by atoms with Gasteiger partial charge in [0.2, 0.25) is 5.91 Å². The van der Waals surface area contributed by atoms with E-state index in [-0.39, 0.29) is 11.8 Å². The maximum Gasteiger partial charge on any atom is 0.267 e. The summed E-state index contributed by atoms with van der Waals surface area (Å²) >= 11 is 0. The highest BCUT2D eigenvalue weighted by molar-refractivity contribution is 5.94. The van der Waals surface area contributed by atoms with Crippen LogP contribution in [-0.4, -0.2) is 18.0 Å². The minimum atomic E-state index is -0.370. The first-order valence-corrected chi connectivity index (χ1v) is 7.52. The fourth-order valence-electron chi connectivity index (χ4n) is 1.70. The van der Waals surface area contributed by atoms with Crippen LogP contribution in [0.1, 0.15) is 39.2 Å². The molecule has 0 aliphatic carbocycles. The lowest BCUT2D eigenvalue weighted by Crippen LogP contribution is -2.22. The lowest BCUT2D eigenvalue weighted by Gasteiger charge is -2.05. The van der Waals surface area contributed by atoms with E-state index in [4.69, 9.17) is 4.42 Å². The molecule has 6 heteroatoms. The Labute approximate surface area is 142 Å². The van der Waals surface area contributed by atoms with Crippen LogP contribution in [0.15, 0.2) is 56.7 Å². The Kier molecular flexibility index (Phi) is 7.42. The molecule has 24 heavy (non-hydrogen) atoms. The normalized spacial score (nSPS) is 12.2. The number of nitrogens with zero attached hydrogens (tertiary/aromatic N) is 1. The van der Waals surface area contributed by atoms with E-state index in [0.29, 0.717) is 17.0 Å². The van der Waals surface area contributed by atoms with Gasteiger partial charge in [-0.15, -0.1) is 0 Å². The zero-order valence-corrected chi connectivity index (χ0v) is 14.6. The number of carbonyl (C=O) groups excluding carboxylic acids is 2. The first-order valence-electron chi connectivity index (χ1n) is 7.52. The average molecular weight is 329 g/mol. The Bertz CT molecular complexity index is 718. The van der Waals surface area contributed by atoms with Crippen LogP contribution in [0.25, 0.3) is 0 Å². The van der Waals surface area contributed by atoms with Crippen molar-refractivity contribution < 1.29 is 14.0 Å². The molecule has 128 valence electrons. The minimum absolute atomic E-state index is 0.237. The number of amides is 2. The first kappa shape index (κ1) is 19.2. The molecule has 0 fully saturated rings. The molecule has 0 saturated heterocycles. The largest absolute Gasteiger partial charge is 0.460 e. The van der Waals surface area contributed by atoms with Gasteiger partial charge < -0.3 is 9.73 Å². The number of allylic oxidation sites excluding steroid dienone is 3. The number of aryl methyl sites for hydroxylation is 1. The van der Waals surface area contributed by atoms with Gasteiger partial charge >= 0.3 is 0 Å². The molecule has 0 aliphatic heterocycles. The molecule has 2 amide bonds. The van der Waals surface area contributed by atoms with Gasteiger partial charge in [-0.2, -0.15) is 5.10 Å². The predicted molar refractivity (Wildman–Crippen MR) is 94.3 cm³/mol. The molecule has 2 N–H and O–H groups in total. The van der Waals surface area contributed by atoms with Crippen LogP contribution in [0.3, 0.4) is 0 Å². The topological polar surface area (TPSA) is 83.7 Å². The summed E-state index contributed by atoms with van der Waals surface area (Å²) in [4.78, 5) is 23.7. The van der Waals surface area contributed by atoms with Crippen molar-refractivity contribution in [3.63, 3.8) is 0 Å². The number of hydrogen-bond donors (Lipinski definition) is 2. The van der Waals surface area contributed by atoms with Crippen LogP contribution in [0.2, 0.25) is 0 Å². The van der Waals surface area contributed by atoms with Crippen molar-refractivity contribution >= 4 is 18.0 Å². The van der Waals surface area contributed by atoms with E-state index in [2.05, 4.69) is 15.8 Å². The molecule has 1 aromatic rings. The lowest BCUT2D eigenvalue weighted by atomic mass is 10.2. The maximum absolute atomic E-state index is 12.0. The van der Waals surface area contributed by atoms with Gasteiger partial charge in [0.05, 0.1) is 6.21 Å². The molecule has 1 rings (SSSR count). The number of nitrogens with one attached hydrogen (secondary N) is 2. The molecule has 0 unspecified atom stereocenters. The number of carbonyl (C=O) groups is 2. The van der Waals surface area contributed by atoms with E-state index in [9.17, 15) is 9.59 Å². The number of hydrazone groups is 1. The van der Waals surface area contributed by atoms with Crippen LogP contribution in [-0.2, 0) is 9.59 Å². The molecule has 1 heterocycles. The highest BCUT2D eigenvalue weighted by Gasteiger charge is 2.05. The molecule has 0 atom stereocenters. The Morgan fingerprint density at radius 3 is 2.42 bits per heavy atom. The minimum Gasteiger partial charge on any atom is -0.460 e. The van der Waals surface area contributed by atoms with Gasteiger partial charge in [0.15, 0.2) is 0 Å². The molecule has 6 nitrogen and oxygen atoms in total. The van der Waals surface area contributed by atoms with Gasteiger partial charge in [-0.3, -0.25) is 9.59 Å². The fraction of sp³-hybridized carbons (Fsp3) is 0.278. The highest BCUT2D eigenvalue weighted by atomic mass is 16.3. The van der Waals surface area contributed by atoms with E-state index < -0.39 is 0 Å². The third kappa shape index (κ3) is 6.91. The summed E-state index contributed by atoms with van der Waals surface area (Å²) in [6.45, 7) is 8.91. The monoisotopic (exact) mass is 329 g/mol. The smallest absolute Gasteiger partial charge is 0.267 e. The highest BCUT2D eigenvalue weighted by Crippen LogP contribution is 2.03. The summed E-state index contributed by atoms with van der Waals surface area (Å²) < 4.78 is 5.31. The zero-order valence-electron chi connectivity index (χ0n) is 14.6. The lowest BCUT2D eigenvalue weighted by molar-refractivity contribution is -0.117. The van der Waals surface area contributed by atoms with Crippen molar-refractivity contribution in [3.8, 4) is 0 Å². The molecular weight excluding hydrogens is 306 g/mol. The van der Waals surface area contributed by atoms with E-state index in [1.54, 1.807) is 32.1 Å². The van der Waals surface area contributed by atoms with Gasteiger partial charge in [-0.05, 0) is 52.8 Å². The van der Waals surface area contributed by atoms with E-state index in [0.717, 1.165) is 11.3 Å². The second-order valence-corrected chi connectivity index (χ2v) is 5.43. The Morgan fingerprint density at radius 2 is 1.88 bits per heavy atom. The summed E-state index contributed by atoms with van der Waals surface area (Å²) in [5.41, 5.74) is 4.25. The zero-order chi connectivity index (χ0) is 18.1. The van der Waals surface area contributed by atoms with Crippen LogP contribution < -0.4 is 10.7 Å². The Balaban J connectivity index is 2.65. The molecule has 0 aliphatic rings. The summed E-state index contributed by atoms with van der Waals surface area (Å²) in [5, 5.41) is 6.54. The van der Waals surface area contributed by atoms with Gasteiger partial charge in [0.25, 0.3) is 5.91 Å². The van der Waals surface area contributed by atoms with Crippen LogP contribution >= 0.6 is 0 Å². The van der Waals surface area contributed by atoms with Crippen LogP contribution in [0.4, 0.5) is 0 Å². The molecule has 0 aromatic carbocycles. The standard InChI is InChI=1S/C18H23N3O3/c1-6-15(20-17(22)9-12(2)3)10-13(4)18(23)21-19-11-16-8-7-14(5)24-16/h6-11H,1-5H3,(H,20,22)(H,21,23)/b13-10+,15-6+,19-11+.